The third-order valence-corrected chi connectivity index (χ3v) is 7.80. The van der Waals surface area contributed by atoms with Gasteiger partial charge in [-0.15, -0.1) is 4.72 Å². The number of benzene rings is 1. The lowest BCUT2D eigenvalue weighted by molar-refractivity contribution is -0.169. The number of rotatable bonds is 5. The number of carbonyl (C=O) groups excluding carboxylic acids is 1. The highest BCUT2D eigenvalue weighted by molar-refractivity contribution is 7.90. The molecule has 2 fully saturated rings. The molecule has 2 aliphatic rings. The van der Waals surface area contributed by atoms with Crippen molar-refractivity contribution in [2.45, 2.75) is 70.0 Å². The van der Waals surface area contributed by atoms with E-state index in [-0.39, 0.29) is 18.1 Å². The van der Waals surface area contributed by atoms with Gasteiger partial charge in [0.25, 0.3) is 0 Å². The quantitative estimate of drug-likeness (QED) is 0.642. The third kappa shape index (κ3) is 6.08. The first-order chi connectivity index (χ1) is 14.4. The van der Waals surface area contributed by atoms with Gasteiger partial charge in [-0.05, 0) is 57.9 Å². The standard InChI is InChI=1S/C22H31F3N2O3S/c1-20(2,3)31(29)26-18(22(23,24)25)17-9-11-21(12-10-17)14-27(15-21)19(28)30-13-16-7-5-4-6-8-16/h4-8,17-18,26H,9-15H2,1-3H3. The average molecular weight is 461 g/mol. The summed E-state index contributed by atoms with van der Waals surface area (Å²) in [5.74, 6) is -0.615. The van der Waals surface area contributed by atoms with Gasteiger partial charge < -0.3 is 14.2 Å². The van der Waals surface area contributed by atoms with Crippen molar-refractivity contribution in [2.24, 2.45) is 11.3 Å². The number of ether oxygens (including phenoxy) is 1. The highest BCUT2D eigenvalue weighted by atomic mass is 32.2. The Morgan fingerprint density at radius 1 is 1.23 bits per heavy atom. The fraction of sp³-hybridized carbons (Fsp3) is 0.682. The van der Waals surface area contributed by atoms with Crippen LogP contribution in [0.5, 0.6) is 0 Å². The van der Waals surface area contributed by atoms with Gasteiger partial charge in [-0.3, -0.25) is 0 Å². The largest absolute Gasteiger partial charge is 0.598 e. The molecule has 174 valence electrons. The molecule has 31 heavy (non-hydrogen) atoms. The van der Waals surface area contributed by atoms with Crippen molar-refractivity contribution < 1.29 is 27.3 Å². The number of likely N-dealkylation sites (tertiary alicyclic amines) is 1. The van der Waals surface area contributed by atoms with Crippen LogP contribution < -0.4 is 4.72 Å². The Balaban J connectivity index is 1.49. The van der Waals surface area contributed by atoms with Crippen molar-refractivity contribution in [2.75, 3.05) is 13.1 Å². The molecule has 1 saturated heterocycles. The molecule has 1 aliphatic heterocycles. The average Bonchev–Trinajstić information content (AvgIpc) is 2.67. The molecule has 2 unspecified atom stereocenters. The van der Waals surface area contributed by atoms with Crippen LogP contribution in [-0.2, 0) is 22.7 Å². The smallest absolute Gasteiger partial charge is 0.410 e. The molecule has 0 aromatic heterocycles. The van der Waals surface area contributed by atoms with Crippen LogP contribution in [0.3, 0.4) is 0 Å². The molecule has 5 nitrogen and oxygen atoms in total. The molecular weight excluding hydrogens is 429 g/mol. The maximum Gasteiger partial charge on any atom is 0.410 e. The van der Waals surface area contributed by atoms with E-state index in [1.54, 1.807) is 25.7 Å². The molecule has 1 amide bonds. The molecule has 1 spiro atoms. The number of halogens is 3. The van der Waals surface area contributed by atoms with Crippen molar-refractivity contribution in [3.63, 3.8) is 0 Å². The molecule has 1 heterocycles. The molecule has 1 N–H and O–H groups in total. The fourth-order valence-electron chi connectivity index (χ4n) is 4.33. The maximum absolute atomic E-state index is 13.7. The Kier molecular flexibility index (Phi) is 7.18. The summed E-state index contributed by atoms with van der Waals surface area (Å²) in [5.41, 5.74) is 0.784. The Labute approximate surface area is 185 Å². The van der Waals surface area contributed by atoms with Crippen LogP contribution in [0.1, 0.15) is 52.0 Å². The first-order valence-electron chi connectivity index (χ1n) is 10.6. The van der Waals surface area contributed by atoms with Gasteiger partial charge >= 0.3 is 12.3 Å². The predicted octanol–water partition coefficient (Wildman–Crippen LogP) is 4.80. The number of carbonyl (C=O) groups is 1. The van der Waals surface area contributed by atoms with Crippen molar-refractivity contribution in [1.82, 2.24) is 9.62 Å². The van der Waals surface area contributed by atoms with Gasteiger partial charge in [-0.25, -0.2) is 4.79 Å². The van der Waals surface area contributed by atoms with Crippen molar-refractivity contribution in [3.8, 4) is 0 Å². The van der Waals surface area contributed by atoms with Gasteiger partial charge in [0.1, 0.15) is 11.4 Å². The molecule has 1 saturated carbocycles. The van der Waals surface area contributed by atoms with Crippen LogP contribution >= 0.6 is 0 Å². The lowest BCUT2D eigenvalue weighted by atomic mass is 9.65. The highest BCUT2D eigenvalue weighted by Gasteiger charge is 2.53. The van der Waals surface area contributed by atoms with E-state index in [1.165, 1.54) is 0 Å². The van der Waals surface area contributed by atoms with Gasteiger partial charge in [-0.2, -0.15) is 13.2 Å². The molecule has 3 rings (SSSR count). The summed E-state index contributed by atoms with van der Waals surface area (Å²) in [6, 6.07) is 7.62. The molecule has 0 bridgehead atoms. The molecule has 1 aliphatic carbocycles. The summed E-state index contributed by atoms with van der Waals surface area (Å²) in [5, 5.41) is 0. The van der Waals surface area contributed by atoms with Gasteiger partial charge in [0, 0.05) is 29.9 Å². The van der Waals surface area contributed by atoms with Crippen LogP contribution in [0.4, 0.5) is 18.0 Å². The first-order valence-corrected chi connectivity index (χ1v) is 11.8. The summed E-state index contributed by atoms with van der Waals surface area (Å²) in [4.78, 5) is 13.9. The Bertz CT molecular complexity index is 739. The van der Waals surface area contributed by atoms with Crippen LogP contribution in [0.15, 0.2) is 30.3 Å². The number of alkyl halides is 3. The SMILES string of the molecule is CC(C)(C)[S+]([O-])NC(C1CCC2(CC1)CN(C(=O)OCc1ccccc1)C2)C(F)(F)F. The lowest BCUT2D eigenvalue weighted by Gasteiger charge is -2.53. The van der Waals surface area contributed by atoms with Crippen molar-refractivity contribution in [1.29, 1.82) is 0 Å². The Morgan fingerprint density at radius 2 is 1.81 bits per heavy atom. The zero-order valence-corrected chi connectivity index (χ0v) is 19.0. The van der Waals surface area contributed by atoms with E-state index in [4.69, 9.17) is 4.74 Å². The first kappa shape index (κ1) is 24.2. The maximum atomic E-state index is 13.7. The topological polar surface area (TPSA) is 64.6 Å². The summed E-state index contributed by atoms with van der Waals surface area (Å²) in [6.45, 7) is 6.20. The molecular formula is C22H31F3N2O3S. The van der Waals surface area contributed by atoms with Gasteiger partial charge in [0.2, 0.25) is 0 Å². The Hall–Kier alpha value is -1.45. The minimum absolute atomic E-state index is 0.123. The summed E-state index contributed by atoms with van der Waals surface area (Å²) >= 11 is -1.79. The summed E-state index contributed by atoms with van der Waals surface area (Å²) < 4.78 is 60.2. The van der Waals surface area contributed by atoms with E-state index in [0.717, 1.165) is 5.56 Å². The second-order valence-corrected chi connectivity index (χ2v) is 11.7. The normalized spacial score (nSPS) is 21.5. The number of hydrogen-bond donors (Lipinski definition) is 1. The monoisotopic (exact) mass is 460 g/mol. The van der Waals surface area contributed by atoms with Crippen molar-refractivity contribution in [3.05, 3.63) is 35.9 Å². The van der Waals surface area contributed by atoms with Crippen molar-refractivity contribution >= 4 is 17.5 Å². The van der Waals surface area contributed by atoms with Crippen LogP contribution in [0.25, 0.3) is 0 Å². The van der Waals surface area contributed by atoms with E-state index in [1.807, 2.05) is 30.3 Å². The van der Waals surface area contributed by atoms with Gasteiger partial charge in [0.05, 0.1) is 0 Å². The predicted molar refractivity (Wildman–Crippen MR) is 113 cm³/mol. The van der Waals surface area contributed by atoms with E-state index < -0.39 is 34.2 Å². The zero-order valence-electron chi connectivity index (χ0n) is 18.2. The molecule has 1 aromatic carbocycles. The number of nitrogens with one attached hydrogen (secondary N) is 1. The van der Waals surface area contributed by atoms with E-state index in [0.29, 0.717) is 38.8 Å². The zero-order chi connectivity index (χ0) is 22.9. The van der Waals surface area contributed by atoms with Crippen LogP contribution in [-0.4, -0.2) is 45.6 Å². The van der Waals surface area contributed by atoms with E-state index in [9.17, 15) is 22.5 Å². The summed E-state index contributed by atoms with van der Waals surface area (Å²) in [6.07, 6.45) is -2.81. The minimum Gasteiger partial charge on any atom is -0.598 e. The fourth-order valence-corrected chi connectivity index (χ4v) is 5.24. The third-order valence-electron chi connectivity index (χ3n) is 6.22. The number of amides is 1. The molecule has 9 heteroatoms. The Morgan fingerprint density at radius 3 is 2.32 bits per heavy atom. The van der Waals surface area contributed by atoms with Crippen LogP contribution in [0.2, 0.25) is 0 Å². The van der Waals surface area contributed by atoms with E-state index >= 15 is 0 Å². The minimum atomic E-state index is -4.46. The van der Waals surface area contributed by atoms with Crippen LogP contribution in [0, 0.1) is 11.3 Å². The second kappa shape index (κ2) is 9.19. The van der Waals surface area contributed by atoms with Gasteiger partial charge in [-0.1, -0.05) is 30.3 Å². The molecule has 2 atom stereocenters. The summed E-state index contributed by atoms with van der Waals surface area (Å²) in [7, 11) is 0. The molecule has 0 radical (unpaired) electrons. The highest BCUT2D eigenvalue weighted by Crippen LogP contribution is 2.48. The lowest BCUT2D eigenvalue weighted by Crippen LogP contribution is -2.61. The van der Waals surface area contributed by atoms with E-state index in [2.05, 4.69) is 4.72 Å². The second-order valence-electron chi connectivity index (χ2n) is 9.75. The number of nitrogens with zero attached hydrogens (tertiary/aromatic N) is 1. The molecule has 1 aromatic rings. The number of hydrogen-bond acceptors (Lipinski definition) is 4. The van der Waals surface area contributed by atoms with Gasteiger partial charge in [0.15, 0.2) is 6.04 Å².